The minimum atomic E-state index is -4.42. The Labute approximate surface area is 107 Å². The molecule has 2 N–H and O–H groups in total. The molecule has 0 amide bonds. The summed E-state index contributed by atoms with van der Waals surface area (Å²) in [6.07, 6.45) is -4.42. The van der Waals surface area contributed by atoms with E-state index in [0.717, 1.165) is 6.07 Å². The fourth-order valence-electron chi connectivity index (χ4n) is 1.39. The quantitative estimate of drug-likeness (QED) is 0.930. The van der Waals surface area contributed by atoms with Gasteiger partial charge in [-0.2, -0.15) is 18.2 Å². The van der Waals surface area contributed by atoms with Crippen LogP contribution in [0, 0.1) is 0 Å². The van der Waals surface area contributed by atoms with Crippen LogP contribution >= 0.6 is 0 Å². The number of halogens is 3. The molecule has 1 aromatic carbocycles. The van der Waals surface area contributed by atoms with Crippen LogP contribution in [0.4, 0.5) is 19.0 Å². The van der Waals surface area contributed by atoms with Crippen LogP contribution in [0.15, 0.2) is 36.4 Å². The number of nitrogens with two attached hydrogens (primary N) is 1. The predicted molar refractivity (Wildman–Crippen MR) is 63.4 cm³/mol. The summed E-state index contributed by atoms with van der Waals surface area (Å²) in [5.74, 6) is 0.0625. The molecule has 0 aliphatic heterocycles. The Morgan fingerprint density at radius 3 is 2.42 bits per heavy atom. The van der Waals surface area contributed by atoms with E-state index in [1.807, 2.05) is 0 Å². The summed E-state index contributed by atoms with van der Waals surface area (Å²) in [4.78, 5) is 7.85. The number of hydrogen-bond acceptors (Lipinski definition) is 4. The van der Waals surface area contributed by atoms with E-state index in [9.17, 15) is 13.2 Å². The van der Waals surface area contributed by atoms with Gasteiger partial charge in [-0.1, -0.05) is 30.3 Å². The van der Waals surface area contributed by atoms with Crippen molar-refractivity contribution in [3.8, 4) is 17.3 Å². The maximum atomic E-state index is 12.1. The van der Waals surface area contributed by atoms with E-state index in [0.29, 0.717) is 5.56 Å². The molecule has 0 radical (unpaired) electrons. The molecule has 2 rings (SSSR count). The Hall–Kier alpha value is -2.31. The summed E-state index contributed by atoms with van der Waals surface area (Å²) in [5, 5.41) is 0. The molecule has 0 fully saturated rings. The molecule has 0 aliphatic carbocycles. The smallest absolute Gasteiger partial charge is 0.422 e. The van der Waals surface area contributed by atoms with Gasteiger partial charge in [-0.15, -0.1) is 0 Å². The molecular formula is C12H10F3N3O. The molecule has 0 saturated carbocycles. The minimum absolute atomic E-state index is 0.0472. The van der Waals surface area contributed by atoms with Crippen molar-refractivity contribution in [1.29, 1.82) is 0 Å². The van der Waals surface area contributed by atoms with Gasteiger partial charge in [0, 0.05) is 11.6 Å². The summed E-state index contributed by atoms with van der Waals surface area (Å²) >= 11 is 0. The van der Waals surface area contributed by atoms with E-state index in [-0.39, 0.29) is 17.5 Å². The summed E-state index contributed by atoms with van der Waals surface area (Å²) in [5.41, 5.74) is 6.17. The van der Waals surface area contributed by atoms with Crippen molar-refractivity contribution < 1.29 is 17.9 Å². The molecule has 1 heterocycles. The number of anilines is 1. The van der Waals surface area contributed by atoms with Gasteiger partial charge in [0.1, 0.15) is 5.82 Å². The van der Waals surface area contributed by atoms with Gasteiger partial charge in [-0.05, 0) is 0 Å². The monoisotopic (exact) mass is 269 g/mol. The Morgan fingerprint density at radius 2 is 1.79 bits per heavy atom. The number of aromatic nitrogens is 2. The molecule has 0 unspecified atom stereocenters. The summed E-state index contributed by atoms with van der Waals surface area (Å²) in [6, 6.07) is 9.93. The second-order valence-electron chi connectivity index (χ2n) is 3.72. The summed E-state index contributed by atoms with van der Waals surface area (Å²) < 4.78 is 40.8. The summed E-state index contributed by atoms with van der Waals surface area (Å²) in [7, 11) is 0. The molecule has 0 bridgehead atoms. The minimum Gasteiger partial charge on any atom is -0.468 e. The molecule has 0 atom stereocenters. The number of alkyl halides is 3. The highest BCUT2D eigenvalue weighted by Gasteiger charge is 2.28. The molecule has 0 spiro atoms. The van der Waals surface area contributed by atoms with Gasteiger partial charge in [0.25, 0.3) is 0 Å². The topological polar surface area (TPSA) is 61.0 Å². The zero-order chi connectivity index (χ0) is 13.9. The summed E-state index contributed by atoms with van der Waals surface area (Å²) in [6.45, 7) is -1.42. The van der Waals surface area contributed by atoms with Crippen molar-refractivity contribution in [1.82, 2.24) is 9.97 Å². The van der Waals surface area contributed by atoms with Crippen LogP contribution in [0.5, 0.6) is 5.88 Å². The molecule has 100 valence electrons. The third kappa shape index (κ3) is 3.84. The van der Waals surface area contributed by atoms with Crippen LogP contribution in [0.2, 0.25) is 0 Å². The van der Waals surface area contributed by atoms with Crippen molar-refractivity contribution in [3.05, 3.63) is 36.4 Å². The number of rotatable bonds is 3. The molecule has 2 aromatic rings. The Kier molecular flexibility index (Phi) is 3.55. The van der Waals surface area contributed by atoms with Crippen molar-refractivity contribution in [2.75, 3.05) is 12.3 Å². The molecule has 19 heavy (non-hydrogen) atoms. The standard InChI is InChI=1S/C12H10F3N3O/c13-12(14,15)7-19-10-6-9(16)17-11(18-10)8-4-2-1-3-5-8/h1-6H,7H2,(H2,16,17,18). The van der Waals surface area contributed by atoms with Crippen LogP contribution in [0.3, 0.4) is 0 Å². The third-order valence-corrected chi connectivity index (χ3v) is 2.14. The molecule has 1 aromatic heterocycles. The second-order valence-corrected chi connectivity index (χ2v) is 3.72. The second kappa shape index (κ2) is 5.13. The highest BCUT2D eigenvalue weighted by atomic mass is 19.4. The first-order chi connectivity index (χ1) is 8.94. The first kappa shape index (κ1) is 13.1. The van der Waals surface area contributed by atoms with Crippen molar-refractivity contribution in [3.63, 3.8) is 0 Å². The van der Waals surface area contributed by atoms with E-state index in [4.69, 9.17) is 5.73 Å². The zero-order valence-corrected chi connectivity index (χ0v) is 9.69. The normalized spacial score (nSPS) is 11.3. The van der Waals surface area contributed by atoms with Gasteiger partial charge in [0.15, 0.2) is 12.4 Å². The first-order valence-corrected chi connectivity index (χ1v) is 5.33. The molecule has 0 saturated heterocycles. The zero-order valence-electron chi connectivity index (χ0n) is 9.69. The number of hydrogen-bond donors (Lipinski definition) is 1. The highest BCUT2D eigenvalue weighted by Crippen LogP contribution is 2.22. The van der Waals surface area contributed by atoms with E-state index in [1.54, 1.807) is 30.3 Å². The van der Waals surface area contributed by atoms with E-state index in [1.165, 1.54) is 0 Å². The average Bonchev–Trinajstić information content (AvgIpc) is 2.36. The van der Waals surface area contributed by atoms with Crippen LogP contribution in [-0.2, 0) is 0 Å². The van der Waals surface area contributed by atoms with Crippen LogP contribution in [0.1, 0.15) is 0 Å². The van der Waals surface area contributed by atoms with Gasteiger partial charge >= 0.3 is 6.18 Å². The number of nitrogens with zero attached hydrogens (tertiary/aromatic N) is 2. The number of ether oxygens (including phenoxy) is 1. The average molecular weight is 269 g/mol. The molecule has 0 aliphatic rings. The highest BCUT2D eigenvalue weighted by molar-refractivity contribution is 5.57. The third-order valence-electron chi connectivity index (χ3n) is 2.14. The lowest BCUT2D eigenvalue weighted by atomic mass is 10.2. The Bertz CT molecular complexity index is 558. The molecule has 7 heteroatoms. The Balaban J connectivity index is 2.25. The van der Waals surface area contributed by atoms with Crippen molar-refractivity contribution in [2.24, 2.45) is 0 Å². The van der Waals surface area contributed by atoms with Crippen molar-refractivity contribution >= 4 is 5.82 Å². The van der Waals surface area contributed by atoms with Gasteiger partial charge in [0.05, 0.1) is 0 Å². The van der Waals surface area contributed by atoms with Crippen LogP contribution in [-0.4, -0.2) is 22.8 Å². The first-order valence-electron chi connectivity index (χ1n) is 5.33. The maximum absolute atomic E-state index is 12.1. The predicted octanol–water partition coefficient (Wildman–Crippen LogP) is 2.67. The lowest BCUT2D eigenvalue weighted by Gasteiger charge is -2.09. The van der Waals surface area contributed by atoms with Gasteiger partial charge in [-0.3, -0.25) is 0 Å². The largest absolute Gasteiger partial charge is 0.468 e. The van der Waals surface area contributed by atoms with Gasteiger partial charge in [-0.25, -0.2) is 4.98 Å². The lowest BCUT2D eigenvalue weighted by molar-refractivity contribution is -0.154. The fraction of sp³-hybridized carbons (Fsp3) is 0.167. The Morgan fingerprint density at radius 1 is 1.11 bits per heavy atom. The van der Waals surface area contributed by atoms with Gasteiger partial charge in [0.2, 0.25) is 5.88 Å². The lowest BCUT2D eigenvalue weighted by Crippen LogP contribution is -2.20. The fourth-order valence-corrected chi connectivity index (χ4v) is 1.39. The van der Waals surface area contributed by atoms with E-state index >= 15 is 0 Å². The molecule has 4 nitrogen and oxygen atoms in total. The van der Waals surface area contributed by atoms with Crippen LogP contribution in [0.25, 0.3) is 11.4 Å². The molecular weight excluding hydrogens is 259 g/mol. The number of benzene rings is 1. The van der Waals surface area contributed by atoms with E-state index in [2.05, 4.69) is 14.7 Å². The number of nitrogen functional groups attached to an aromatic ring is 1. The SMILES string of the molecule is Nc1cc(OCC(F)(F)F)nc(-c2ccccc2)n1. The van der Waals surface area contributed by atoms with Crippen LogP contribution < -0.4 is 10.5 Å². The van der Waals surface area contributed by atoms with Gasteiger partial charge < -0.3 is 10.5 Å². The van der Waals surface area contributed by atoms with Crippen molar-refractivity contribution in [2.45, 2.75) is 6.18 Å². The maximum Gasteiger partial charge on any atom is 0.422 e. The van der Waals surface area contributed by atoms with E-state index < -0.39 is 12.8 Å².